The number of allylic oxidation sites excluding steroid dienone is 4. The first-order valence-corrected chi connectivity index (χ1v) is 14.4. The second kappa shape index (κ2) is 9.23. The zero-order valence-corrected chi connectivity index (χ0v) is 24.5. The van der Waals surface area contributed by atoms with Gasteiger partial charge in [-0.25, -0.2) is 0 Å². The minimum atomic E-state index is 0.00434. The molecule has 6 rings (SSSR count). The molecule has 39 heavy (non-hydrogen) atoms. The Morgan fingerprint density at radius 2 is 1.21 bits per heavy atom. The van der Waals surface area contributed by atoms with Gasteiger partial charge >= 0.3 is 0 Å². The molecule has 0 spiro atoms. The third-order valence-electron chi connectivity index (χ3n) is 8.60. The van der Waals surface area contributed by atoms with Crippen molar-refractivity contribution in [2.75, 3.05) is 0 Å². The van der Waals surface area contributed by atoms with Crippen LogP contribution in [0.25, 0.3) is 39.0 Å². The lowest BCUT2D eigenvalue weighted by Crippen LogP contribution is -2.15. The Morgan fingerprint density at radius 3 is 1.77 bits per heavy atom. The Hall–Kier alpha value is -3.64. The van der Waals surface area contributed by atoms with Crippen molar-refractivity contribution in [3.63, 3.8) is 0 Å². The number of fused-ring (bicyclic) bond motifs is 3. The van der Waals surface area contributed by atoms with Gasteiger partial charge in [0.05, 0.1) is 0 Å². The van der Waals surface area contributed by atoms with Crippen LogP contribution in [0, 0.1) is 0 Å². The maximum absolute atomic E-state index is 2.54. The Morgan fingerprint density at radius 1 is 0.615 bits per heavy atom. The number of hydrogen-bond donors (Lipinski definition) is 0. The molecule has 0 radical (unpaired) electrons. The van der Waals surface area contributed by atoms with E-state index in [-0.39, 0.29) is 10.8 Å². The lowest BCUT2D eigenvalue weighted by molar-refractivity contribution is 0.591. The molecule has 0 N–H and O–H groups in total. The number of rotatable bonds is 3. The molecule has 0 heterocycles. The van der Waals surface area contributed by atoms with Gasteiger partial charge in [0.2, 0.25) is 0 Å². The van der Waals surface area contributed by atoms with E-state index in [4.69, 9.17) is 0 Å². The Labute approximate surface area is 235 Å². The number of hydrogen-bond acceptors (Lipinski definition) is 0. The quantitative estimate of drug-likeness (QED) is 0.258. The van der Waals surface area contributed by atoms with Crippen LogP contribution in [0.4, 0.5) is 0 Å². The average molecular weight is 509 g/mol. The summed E-state index contributed by atoms with van der Waals surface area (Å²) in [4.78, 5) is 0. The topological polar surface area (TPSA) is 0 Å². The predicted molar refractivity (Wildman–Crippen MR) is 169 cm³/mol. The summed E-state index contributed by atoms with van der Waals surface area (Å²) >= 11 is 0. The van der Waals surface area contributed by atoms with Crippen LogP contribution in [-0.4, -0.2) is 0 Å². The van der Waals surface area contributed by atoms with Crippen LogP contribution >= 0.6 is 0 Å². The van der Waals surface area contributed by atoms with Crippen molar-refractivity contribution in [3.05, 3.63) is 125 Å². The molecule has 0 aromatic heterocycles. The molecule has 1 atom stereocenters. The SMILES string of the molecule is CC1c2cc(-c3ccccc3)c(C(C)(C)C)cc2-c2cc(C(C)(C)C)c(-c3ccccc3)c(C3=CC=CC3)c21. The summed E-state index contributed by atoms with van der Waals surface area (Å²) in [6.07, 6.45) is 7.88. The molecule has 0 aliphatic heterocycles. The molecular formula is C39H40. The first-order valence-electron chi connectivity index (χ1n) is 14.4. The van der Waals surface area contributed by atoms with Gasteiger partial charge in [0.15, 0.2) is 0 Å². The van der Waals surface area contributed by atoms with E-state index < -0.39 is 0 Å². The van der Waals surface area contributed by atoms with Gasteiger partial charge < -0.3 is 0 Å². The third-order valence-corrected chi connectivity index (χ3v) is 8.60. The maximum atomic E-state index is 2.54. The van der Waals surface area contributed by atoms with E-state index in [1.165, 1.54) is 66.8 Å². The van der Waals surface area contributed by atoms with Crippen LogP contribution in [0.3, 0.4) is 0 Å². The molecule has 2 aliphatic carbocycles. The highest BCUT2D eigenvalue weighted by molar-refractivity contribution is 5.96. The van der Waals surface area contributed by atoms with Crippen molar-refractivity contribution in [2.24, 2.45) is 0 Å². The van der Waals surface area contributed by atoms with E-state index in [2.05, 4.69) is 146 Å². The van der Waals surface area contributed by atoms with Gasteiger partial charge in [-0.2, -0.15) is 0 Å². The molecular weight excluding hydrogens is 468 g/mol. The van der Waals surface area contributed by atoms with E-state index in [1.54, 1.807) is 0 Å². The van der Waals surface area contributed by atoms with Crippen molar-refractivity contribution >= 4 is 5.57 Å². The zero-order valence-electron chi connectivity index (χ0n) is 24.5. The third kappa shape index (κ3) is 4.31. The second-order valence-electron chi connectivity index (χ2n) is 13.4. The number of benzene rings is 4. The second-order valence-corrected chi connectivity index (χ2v) is 13.4. The minimum absolute atomic E-state index is 0.00434. The van der Waals surface area contributed by atoms with Crippen LogP contribution in [0.5, 0.6) is 0 Å². The van der Waals surface area contributed by atoms with Crippen molar-refractivity contribution in [1.29, 1.82) is 0 Å². The Balaban J connectivity index is 1.71. The molecule has 0 heteroatoms. The van der Waals surface area contributed by atoms with Crippen molar-refractivity contribution in [1.82, 2.24) is 0 Å². The average Bonchev–Trinajstić information content (AvgIpc) is 3.54. The molecule has 1 unspecified atom stereocenters. The van der Waals surface area contributed by atoms with Gasteiger partial charge in [0.25, 0.3) is 0 Å². The van der Waals surface area contributed by atoms with Crippen molar-refractivity contribution < 1.29 is 0 Å². The van der Waals surface area contributed by atoms with Crippen molar-refractivity contribution in [2.45, 2.75) is 71.6 Å². The molecule has 0 saturated carbocycles. The summed E-state index contributed by atoms with van der Waals surface area (Å²) in [7, 11) is 0. The molecule has 0 bridgehead atoms. The summed E-state index contributed by atoms with van der Waals surface area (Å²) in [6.45, 7) is 16.6. The van der Waals surface area contributed by atoms with Crippen molar-refractivity contribution in [3.8, 4) is 33.4 Å². The van der Waals surface area contributed by atoms with Crippen LogP contribution in [0.2, 0.25) is 0 Å². The van der Waals surface area contributed by atoms with Crippen LogP contribution in [0.1, 0.15) is 88.6 Å². The molecule has 4 aromatic rings. The summed E-state index contributed by atoms with van der Waals surface area (Å²) < 4.78 is 0. The van der Waals surface area contributed by atoms with E-state index in [0.29, 0.717) is 5.92 Å². The first-order chi connectivity index (χ1) is 18.6. The van der Waals surface area contributed by atoms with Gasteiger partial charge in [-0.05, 0) is 102 Å². The minimum Gasteiger partial charge on any atom is -0.0801 e. The zero-order chi connectivity index (χ0) is 27.5. The normalized spacial score (nSPS) is 16.3. The molecule has 0 amide bonds. The van der Waals surface area contributed by atoms with E-state index in [9.17, 15) is 0 Å². The van der Waals surface area contributed by atoms with Gasteiger partial charge in [-0.1, -0.05) is 127 Å². The fourth-order valence-corrected chi connectivity index (χ4v) is 6.67. The molecule has 2 aliphatic rings. The molecule has 196 valence electrons. The Bertz CT molecular complexity index is 1610. The standard InChI is InChI=1S/C39H40/c1-25-29-22-30(26-16-10-8-11-17-26)33(38(2,3)4)23-31(29)32-24-34(39(5,6)7)36(27-18-12-9-13-19-27)37(35(25)32)28-20-14-15-21-28/h8-20,22-25H,21H2,1-7H3. The van der Waals surface area contributed by atoms with Crippen LogP contribution in [0.15, 0.2) is 97.1 Å². The van der Waals surface area contributed by atoms with E-state index in [1.807, 2.05) is 0 Å². The van der Waals surface area contributed by atoms with Crippen LogP contribution < -0.4 is 0 Å². The predicted octanol–water partition coefficient (Wildman–Crippen LogP) is 11.1. The summed E-state index contributed by atoms with van der Waals surface area (Å²) in [5.41, 5.74) is 17.0. The molecule has 0 fully saturated rings. The summed E-state index contributed by atoms with van der Waals surface area (Å²) in [5, 5.41) is 0. The Kier molecular flexibility index (Phi) is 6.07. The van der Waals surface area contributed by atoms with Gasteiger partial charge in [0.1, 0.15) is 0 Å². The van der Waals surface area contributed by atoms with Crippen LogP contribution in [-0.2, 0) is 10.8 Å². The lowest BCUT2D eigenvalue weighted by Gasteiger charge is -2.29. The largest absolute Gasteiger partial charge is 0.0801 e. The highest BCUT2D eigenvalue weighted by Gasteiger charge is 2.36. The first kappa shape index (κ1) is 25.6. The summed E-state index contributed by atoms with van der Waals surface area (Å²) in [6, 6.07) is 29.6. The monoisotopic (exact) mass is 508 g/mol. The molecule has 0 saturated heterocycles. The smallest absolute Gasteiger partial charge is 0.00798 e. The maximum Gasteiger partial charge on any atom is 0.00798 e. The molecule has 0 nitrogen and oxygen atoms in total. The fourth-order valence-electron chi connectivity index (χ4n) is 6.67. The highest BCUT2D eigenvalue weighted by Crippen LogP contribution is 2.55. The van der Waals surface area contributed by atoms with Gasteiger partial charge in [-0.3, -0.25) is 0 Å². The van der Waals surface area contributed by atoms with Gasteiger partial charge in [0, 0.05) is 5.92 Å². The lowest BCUT2D eigenvalue weighted by atomic mass is 9.74. The highest BCUT2D eigenvalue weighted by atomic mass is 14.4. The van der Waals surface area contributed by atoms with Gasteiger partial charge in [-0.15, -0.1) is 0 Å². The van der Waals surface area contributed by atoms with E-state index >= 15 is 0 Å². The molecule has 4 aromatic carbocycles. The summed E-state index contributed by atoms with van der Waals surface area (Å²) in [5.74, 6) is 0.319. The fraction of sp³-hybridized carbons (Fsp3) is 0.282. The van der Waals surface area contributed by atoms with E-state index in [0.717, 1.165) is 6.42 Å².